The maximum atomic E-state index is 9.46. The fourth-order valence-corrected chi connectivity index (χ4v) is 3.25. The monoisotopic (exact) mass is 376 g/mol. The fraction of sp³-hybridized carbons (Fsp3) is 0.190. The zero-order chi connectivity index (χ0) is 19.2. The molecule has 5 nitrogen and oxygen atoms in total. The molecule has 3 rings (SSSR count). The van der Waals surface area contributed by atoms with Crippen molar-refractivity contribution < 1.29 is 4.74 Å². The van der Waals surface area contributed by atoms with Crippen molar-refractivity contribution in [3.63, 3.8) is 0 Å². The quantitative estimate of drug-likeness (QED) is 0.469. The van der Waals surface area contributed by atoms with Crippen molar-refractivity contribution in [1.29, 1.82) is 5.26 Å². The van der Waals surface area contributed by atoms with E-state index in [1.54, 1.807) is 7.11 Å². The molecule has 0 amide bonds. The van der Waals surface area contributed by atoms with Crippen LogP contribution in [-0.4, -0.2) is 17.8 Å². The summed E-state index contributed by atoms with van der Waals surface area (Å²) in [5, 5.41) is 16.2. The van der Waals surface area contributed by atoms with Crippen LogP contribution < -0.4 is 10.2 Å². The molecule has 0 fully saturated rings. The van der Waals surface area contributed by atoms with Crippen molar-refractivity contribution in [2.75, 3.05) is 12.5 Å². The van der Waals surface area contributed by atoms with Gasteiger partial charge in [0.05, 0.1) is 18.5 Å². The largest absolute Gasteiger partial charge is 0.497 e. The Morgan fingerprint density at radius 1 is 1.22 bits per heavy atom. The van der Waals surface area contributed by atoms with Crippen molar-refractivity contribution >= 4 is 22.7 Å². The average Bonchev–Trinajstić information content (AvgIpc) is 3.19. The van der Waals surface area contributed by atoms with Crippen LogP contribution in [0, 0.1) is 11.3 Å². The molecule has 0 bridgehead atoms. The summed E-state index contributed by atoms with van der Waals surface area (Å²) in [7, 11) is 1.63. The summed E-state index contributed by atoms with van der Waals surface area (Å²) in [5.41, 5.74) is 7.01. The van der Waals surface area contributed by atoms with E-state index in [4.69, 9.17) is 4.74 Å². The van der Waals surface area contributed by atoms with Gasteiger partial charge in [-0.25, -0.2) is 4.98 Å². The van der Waals surface area contributed by atoms with Crippen molar-refractivity contribution in [2.24, 2.45) is 5.10 Å². The lowest BCUT2D eigenvalue weighted by Crippen LogP contribution is -2.01. The highest BCUT2D eigenvalue weighted by atomic mass is 32.1. The number of ether oxygens (including phenoxy) is 1. The van der Waals surface area contributed by atoms with Crippen LogP contribution in [0.5, 0.6) is 5.75 Å². The lowest BCUT2D eigenvalue weighted by atomic mass is 10.0. The third kappa shape index (κ3) is 4.52. The van der Waals surface area contributed by atoms with Crippen LogP contribution in [0.4, 0.5) is 5.69 Å². The Morgan fingerprint density at radius 3 is 2.67 bits per heavy atom. The van der Waals surface area contributed by atoms with E-state index in [-0.39, 0.29) is 5.71 Å². The van der Waals surface area contributed by atoms with Crippen LogP contribution >= 0.6 is 11.3 Å². The van der Waals surface area contributed by atoms with E-state index in [9.17, 15) is 5.26 Å². The molecule has 0 aliphatic heterocycles. The lowest BCUT2D eigenvalue weighted by molar-refractivity contribution is 0.415. The van der Waals surface area contributed by atoms with E-state index in [1.807, 2.05) is 41.8 Å². The number of thiazole rings is 1. The molecule has 0 atom stereocenters. The number of benzene rings is 2. The third-order valence-corrected chi connectivity index (χ3v) is 4.90. The number of nitrogens with zero attached hydrogens (tertiary/aromatic N) is 3. The number of hydrogen-bond acceptors (Lipinski definition) is 6. The van der Waals surface area contributed by atoms with E-state index in [0.29, 0.717) is 10.9 Å². The number of aromatic nitrogens is 1. The second kappa shape index (κ2) is 8.47. The lowest BCUT2D eigenvalue weighted by Gasteiger charge is -2.06. The predicted molar refractivity (Wildman–Crippen MR) is 110 cm³/mol. The Kier molecular flexibility index (Phi) is 5.84. The molecule has 136 valence electrons. The molecule has 0 spiro atoms. The van der Waals surface area contributed by atoms with Crippen LogP contribution in [0.15, 0.2) is 59.0 Å². The normalized spacial score (nSPS) is 11.3. The molecule has 3 aromatic rings. The second-order valence-corrected chi connectivity index (χ2v) is 7.09. The van der Waals surface area contributed by atoms with E-state index >= 15 is 0 Å². The number of methoxy groups -OCH3 is 1. The molecule has 1 aromatic heterocycles. The summed E-state index contributed by atoms with van der Waals surface area (Å²) in [6, 6.07) is 17.8. The van der Waals surface area contributed by atoms with Gasteiger partial charge in [-0.2, -0.15) is 10.4 Å². The highest BCUT2D eigenvalue weighted by Crippen LogP contribution is 2.25. The van der Waals surface area contributed by atoms with Gasteiger partial charge in [0, 0.05) is 10.9 Å². The van der Waals surface area contributed by atoms with Gasteiger partial charge in [0.1, 0.15) is 11.8 Å². The Bertz CT molecular complexity index is 984. The van der Waals surface area contributed by atoms with Crippen LogP contribution in [0.25, 0.3) is 11.3 Å². The first-order chi connectivity index (χ1) is 13.1. The van der Waals surface area contributed by atoms with Gasteiger partial charge in [-0.1, -0.05) is 38.1 Å². The standard InChI is InChI=1S/C21H20N4OS/c1-14(2)15-7-9-17(10-8-15)24-25-19(12-22)21-23-20(13-27-21)16-5-4-6-18(11-16)26-3/h4-11,13-14,24H,1-3H3/b25-19-. The van der Waals surface area contributed by atoms with Gasteiger partial charge in [0.15, 0.2) is 10.7 Å². The molecule has 6 heteroatoms. The van der Waals surface area contributed by atoms with Gasteiger partial charge < -0.3 is 4.74 Å². The molecule has 0 radical (unpaired) electrons. The third-order valence-electron chi connectivity index (χ3n) is 4.05. The van der Waals surface area contributed by atoms with Gasteiger partial charge in [0.2, 0.25) is 0 Å². The van der Waals surface area contributed by atoms with Crippen molar-refractivity contribution in [3.8, 4) is 23.1 Å². The van der Waals surface area contributed by atoms with Gasteiger partial charge in [-0.3, -0.25) is 5.43 Å². The molecule has 0 aliphatic carbocycles. The van der Waals surface area contributed by atoms with E-state index in [0.717, 1.165) is 22.7 Å². The first-order valence-corrected chi connectivity index (χ1v) is 9.42. The SMILES string of the molecule is COc1cccc(-c2csc(/C(C#N)=N\Nc3ccc(C(C)C)cc3)n2)c1. The summed E-state index contributed by atoms with van der Waals surface area (Å²) in [6.45, 7) is 4.30. The van der Waals surface area contributed by atoms with Crippen molar-refractivity contribution in [1.82, 2.24) is 4.98 Å². The number of anilines is 1. The summed E-state index contributed by atoms with van der Waals surface area (Å²) >= 11 is 1.39. The number of nitriles is 1. The Hall–Kier alpha value is -3.17. The smallest absolute Gasteiger partial charge is 0.196 e. The maximum Gasteiger partial charge on any atom is 0.196 e. The topological polar surface area (TPSA) is 70.3 Å². The number of hydrazone groups is 1. The minimum absolute atomic E-state index is 0.252. The highest BCUT2D eigenvalue weighted by molar-refractivity contribution is 7.12. The maximum absolute atomic E-state index is 9.46. The van der Waals surface area contributed by atoms with E-state index < -0.39 is 0 Å². The Morgan fingerprint density at radius 2 is 2.00 bits per heavy atom. The molecular formula is C21H20N4OS. The number of rotatable bonds is 6. The molecule has 0 unspecified atom stereocenters. The highest BCUT2D eigenvalue weighted by Gasteiger charge is 2.11. The molecule has 0 saturated heterocycles. The first-order valence-electron chi connectivity index (χ1n) is 8.55. The summed E-state index contributed by atoms with van der Waals surface area (Å²) in [5.74, 6) is 1.24. The number of hydrogen-bond donors (Lipinski definition) is 1. The average molecular weight is 376 g/mol. The van der Waals surface area contributed by atoms with Gasteiger partial charge in [0.25, 0.3) is 0 Å². The predicted octanol–water partition coefficient (Wildman–Crippen LogP) is 5.28. The molecule has 1 N–H and O–H groups in total. The summed E-state index contributed by atoms with van der Waals surface area (Å²) in [4.78, 5) is 4.55. The Balaban J connectivity index is 1.78. The van der Waals surface area contributed by atoms with Gasteiger partial charge >= 0.3 is 0 Å². The van der Waals surface area contributed by atoms with Crippen molar-refractivity contribution in [3.05, 3.63) is 64.5 Å². The van der Waals surface area contributed by atoms with E-state index in [1.165, 1.54) is 16.9 Å². The molecule has 0 aliphatic rings. The molecule has 27 heavy (non-hydrogen) atoms. The van der Waals surface area contributed by atoms with Crippen LogP contribution in [0.3, 0.4) is 0 Å². The van der Waals surface area contributed by atoms with Crippen molar-refractivity contribution in [2.45, 2.75) is 19.8 Å². The Labute approximate surface area is 163 Å². The fourth-order valence-electron chi connectivity index (χ4n) is 2.48. The first kappa shape index (κ1) is 18.6. The van der Waals surface area contributed by atoms with Crippen LogP contribution in [-0.2, 0) is 0 Å². The number of nitrogens with one attached hydrogen (secondary N) is 1. The summed E-state index contributed by atoms with van der Waals surface area (Å²) < 4.78 is 5.25. The minimum atomic E-state index is 0.252. The molecule has 0 saturated carbocycles. The van der Waals surface area contributed by atoms with E-state index in [2.05, 4.69) is 47.6 Å². The zero-order valence-electron chi connectivity index (χ0n) is 15.4. The summed E-state index contributed by atoms with van der Waals surface area (Å²) in [6.07, 6.45) is 0. The second-order valence-electron chi connectivity index (χ2n) is 6.23. The minimum Gasteiger partial charge on any atom is -0.497 e. The van der Waals surface area contributed by atoms with Crippen LogP contribution in [0.1, 0.15) is 30.3 Å². The van der Waals surface area contributed by atoms with Crippen LogP contribution in [0.2, 0.25) is 0 Å². The van der Waals surface area contributed by atoms with Gasteiger partial charge in [-0.05, 0) is 35.7 Å². The molecule has 2 aromatic carbocycles. The van der Waals surface area contributed by atoms with Gasteiger partial charge in [-0.15, -0.1) is 11.3 Å². The molecule has 1 heterocycles. The molecular weight excluding hydrogens is 356 g/mol. The zero-order valence-corrected chi connectivity index (χ0v) is 16.2.